The second-order valence-corrected chi connectivity index (χ2v) is 4.16. The Bertz CT molecular complexity index is 700. The summed E-state index contributed by atoms with van der Waals surface area (Å²) in [6.45, 7) is 1.73. The number of hydrogen-bond donors (Lipinski definition) is 1. The monoisotopic (exact) mass is 264 g/mol. The predicted molar refractivity (Wildman–Crippen MR) is 67.5 cm³/mol. The van der Waals surface area contributed by atoms with Crippen LogP contribution in [0.3, 0.4) is 0 Å². The largest absolute Gasteiger partial charge is 0.465 e. The van der Waals surface area contributed by atoms with Crippen LogP contribution in [-0.2, 0) is 11.8 Å². The Morgan fingerprint density at radius 1 is 1.42 bits per heavy atom. The number of carbonyl (C=O) groups is 1. The molecule has 0 unspecified atom stereocenters. The van der Waals surface area contributed by atoms with E-state index in [0.29, 0.717) is 16.8 Å². The topological polar surface area (TPSA) is 64.1 Å². The third-order valence-electron chi connectivity index (χ3n) is 2.89. The standard InChI is InChI=1S/C13H13FN2O3/c1-7-11(12(17)16(2)15-7)8-4-5-9(10(14)6-8)13(18)19-3/h4-6,15H,1-3H3. The fourth-order valence-electron chi connectivity index (χ4n) is 1.97. The van der Waals surface area contributed by atoms with Crippen molar-refractivity contribution in [3.05, 3.63) is 45.6 Å². The minimum absolute atomic E-state index is 0.156. The van der Waals surface area contributed by atoms with Crippen LogP contribution in [0.5, 0.6) is 0 Å². The number of benzene rings is 1. The molecule has 1 heterocycles. The summed E-state index contributed by atoms with van der Waals surface area (Å²) < 4.78 is 19.6. The van der Waals surface area contributed by atoms with E-state index in [2.05, 4.69) is 9.84 Å². The van der Waals surface area contributed by atoms with Crippen LogP contribution in [0.2, 0.25) is 0 Å². The van der Waals surface area contributed by atoms with Gasteiger partial charge in [-0.2, -0.15) is 0 Å². The number of hydrogen-bond acceptors (Lipinski definition) is 3. The van der Waals surface area contributed by atoms with Gasteiger partial charge in [-0.05, 0) is 24.6 Å². The van der Waals surface area contributed by atoms with E-state index < -0.39 is 11.8 Å². The lowest BCUT2D eigenvalue weighted by Crippen LogP contribution is -2.13. The maximum atomic E-state index is 13.8. The number of aryl methyl sites for hydroxylation is 2. The zero-order chi connectivity index (χ0) is 14.2. The minimum atomic E-state index is -0.747. The van der Waals surface area contributed by atoms with E-state index in [0.717, 1.165) is 6.07 Å². The van der Waals surface area contributed by atoms with Crippen molar-refractivity contribution >= 4 is 5.97 Å². The number of nitrogens with one attached hydrogen (secondary N) is 1. The van der Waals surface area contributed by atoms with Gasteiger partial charge in [0.25, 0.3) is 5.56 Å². The Labute approximate surface area is 108 Å². The highest BCUT2D eigenvalue weighted by Gasteiger charge is 2.16. The number of carbonyl (C=O) groups excluding carboxylic acids is 1. The first-order valence-electron chi connectivity index (χ1n) is 5.59. The third-order valence-corrected chi connectivity index (χ3v) is 2.89. The first kappa shape index (κ1) is 13.1. The number of ether oxygens (including phenoxy) is 1. The minimum Gasteiger partial charge on any atom is -0.465 e. The number of nitrogens with zero attached hydrogens (tertiary/aromatic N) is 1. The Morgan fingerprint density at radius 2 is 2.11 bits per heavy atom. The molecule has 1 aromatic heterocycles. The summed E-state index contributed by atoms with van der Waals surface area (Å²) in [5.41, 5.74) is 1.04. The Hall–Kier alpha value is -2.37. The van der Waals surface area contributed by atoms with Crippen LogP contribution in [0.15, 0.2) is 23.0 Å². The number of methoxy groups -OCH3 is 1. The average Bonchev–Trinajstić information content (AvgIpc) is 2.62. The van der Waals surface area contributed by atoms with Gasteiger partial charge >= 0.3 is 5.97 Å². The van der Waals surface area contributed by atoms with E-state index in [1.807, 2.05) is 0 Å². The molecule has 0 spiro atoms. The molecular weight excluding hydrogens is 251 g/mol. The van der Waals surface area contributed by atoms with Gasteiger partial charge in [0.15, 0.2) is 0 Å². The first-order valence-corrected chi connectivity index (χ1v) is 5.59. The molecule has 0 saturated carbocycles. The second-order valence-electron chi connectivity index (χ2n) is 4.16. The summed E-state index contributed by atoms with van der Waals surface area (Å²) in [7, 11) is 2.76. The molecule has 0 aliphatic heterocycles. The number of H-pyrrole nitrogens is 1. The van der Waals surface area contributed by atoms with Gasteiger partial charge in [-0.3, -0.25) is 14.6 Å². The molecule has 1 N–H and O–H groups in total. The van der Waals surface area contributed by atoms with Crippen molar-refractivity contribution in [2.75, 3.05) is 7.11 Å². The smallest absolute Gasteiger partial charge is 0.340 e. The molecule has 1 aromatic carbocycles. The van der Waals surface area contributed by atoms with Crippen molar-refractivity contribution in [2.45, 2.75) is 6.92 Å². The van der Waals surface area contributed by atoms with Gasteiger partial charge in [0.2, 0.25) is 0 Å². The molecule has 5 nitrogen and oxygen atoms in total. The van der Waals surface area contributed by atoms with Gasteiger partial charge in [-0.25, -0.2) is 9.18 Å². The molecule has 2 rings (SSSR count). The van der Waals surface area contributed by atoms with E-state index in [1.54, 1.807) is 14.0 Å². The van der Waals surface area contributed by atoms with Crippen molar-refractivity contribution in [3.63, 3.8) is 0 Å². The molecule has 0 aliphatic rings. The zero-order valence-corrected chi connectivity index (χ0v) is 10.8. The number of aromatic amines is 1. The van der Waals surface area contributed by atoms with Crippen LogP contribution in [-0.4, -0.2) is 22.9 Å². The molecular formula is C13H13FN2O3. The van der Waals surface area contributed by atoms with E-state index in [9.17, 15) is 14.0 Å². The van der Waals surface area contributed by atoms with E-state index in [-0.39, 0.29) is 11.1 Å². The Morgan fingerprint density at radius 3 is 2.58 bits per heavy atom. The molecule has 19 heavy (non-hydrogen) atoms. The summed E-state index contributed by atoms with van der Waals surface area (Å²) in [4.78, 5) is 23.2. The highest BCUT2D eigenvalue weighted by atomic mass is 19.1. The second kappa shape index (κ2) is 4.72. The van der Waals surface area contributed by atoms with E-state index in [4.69, 9.17) is 0 Å². The van der Waals surface area contributed by atoms with Gasteiger partial charge in [-0.1, -0.05) is 6.07 Å². The summed E-state index contributed by atoms with van der Waals surface area (Å²) in [6.07, 6.45) is 0. The van der Waals surface area contributed by atoms with Crippen LogP contribution < -0.4 is 5.56 Å². The number of halogens is 1. The molecule has 0 atom stereocenters. The molecule has 0 aliphatic carbocycles. The van der Waals surface area contributed by atoms with Gasteiger partial charge < -0.3 is 4.74 Å². The van der Waals surface area contributed by atoms with Gasteiger partial charge in [-0.15, -0.1) is 0 Å². The average molecular weight is 264 g/mol. The van der Waals surface area contributed by atoms with Crippen molar-refractivity contribution < 1.29 is 13.9 Å². The summed E-state index contributed by atoms with van der Waals surface area (Å²) >= 11 is 0. The van der Waals surface area contributed by atoms with Crippen LogP contribution in [0.25, 0.3) is 11.1 Å². The maximum absolute atomic E-state index is 13.8. The highest BCUT2D eigenvalue weighted by molar-refractivity contribution is 5.90. The first-order chi connectivity index (χ1) is 8.95. The molecule has 0 fully saturated rings. The van der Waals surface area contributed by atoms with Crippen molar-refractivity contribution in [3.8, 4) is 11.1 Å². The Kier molecular flexibility index (Phi) is 3.25. The number of rotatable bonds is 2. The summed E-state index contributed by atoms with van der Waals surface area (Å²) in [5, 5.41) is 2.83. The SMILES string of the molecule is COC(=O)c1ccc(-c2c(C)[nH]n(C)c2=O)cc1F. The lowest BCUT2D eigenvalue weighted by molar-refractivity contribution is 0.0595. The van der Waals surface area contributed by atoms with E-state index >= 15 is 0 Å². The number of aromatic nitrogens is 2. The molecule has 0 saturated heterocycles. The molecule has 0 radical (unpaired) electrons. The van der Waals surface area contributed by atoms with Crippen LogP contribution in [0, 0.1) is 12.7 Å². The molecule has 0 bridgehead atoms. The molecule has 0 amide bonds. The van der Waals surface area contributed by atoms with Gasteiger partial charge in [0.05, 0.1) is 18.2 Å². The predicted octanol–water partition coefficient (Wildman–Crippen LogP) is 1.61. The van der Waals surface area contributed by atoms with Gasteiger partial charge in [0, 0.05) is 12.7 Å². The van der Waals surface area contributed by atoms with Gasteiger partial charge in [0.1, 0.15) is 5.82 Å². The fourth-order valence-corrected chi connectivity index (χ4v) is 1.97. The lowest BCUT2D eigenvalue weighted by atomic mass is 10.0. The molecule has 6 heteroatoms. The van der Waals surface area contributed by atoms with Crippen molar-refractivity contribution in [1.82, 2.24) is 9.78 Å². The molecule has 100 valence electrons. The van der Waals surface area contributed by atoms with E-state index in [1.165, 1.54) is 23.9 Å². The quantitative estimate of drug-likeness (QED) is 0.838. The van der Waals surface area contributed by atoms with Crippen LogP contribution >= 0.6 is 0 Å². The fraction of sp³-hybridized carbons (Fsp3) is 0.231. The van der Waals surface area contributed by atoms with Crippen LogP contribution in [0.4, 0.5) is 4.39 Å². The Balaban J connectivity index is 2.57. The highest BCUT2D eigenvalue weighted by Crippen LogP contribution is 2.21. The maximum Gasteiger partial charge on any atom is 0.340 e. The number of esters is 1. The van der Waals surface area contributed by atoms with Crippen molar-refractivity contribution in [1.29, 1.82) is 0 Å². The van der Waals surface area contributed by atoms with Crippen LogP contribution in [0.1, 0.15) is 16.1 Å². The summed E-state index contributed by atoms with van der Waals surface area (Å²) in [5.74, 6) is -1.46. The third kappa shape index (κ3) is 2.16. The zero-order valence-electron chi connectivity index (χ0n) is 10.8. The normalized spacial score (nSPS) is 10.5. The van der Waals surface area contributed by atoms with Crippen molar-refractivity contribution in [2.24, 2.45) is 7.05 Å². The lowest BCUT2D eigenvalue weighted by Gasteiger charge is -2.03. The summed E-state index contributed by atoms with van der Waals surface area (Å²) in [6, 6.07) is 3.99. The molecule has 2 aromatic rings.